The van der Waals surface area contributed by atoms with Gasteiger partial charge in [0.15, 0.2) is 0 Å². The highest BCUT2D eigenvalue weighted by molar-refractivity contribution is 7.86. The Hall–Kier alpha value is -0.210. The van der Waals surface area contributed by atoms with Gasteiger partial charge in [-0.05, 0) is 27.7 Å². The van der Waals surface area contributed by atoms with Crippen LogP contribution in [0, 0.1) is 0 Å². The van der Waals surface area contributed by atoms with Gasteiger partial charge < -0.3 is 9.47 Å². The highest BCUT2D eigenvalue weighted by Gasteiger charge is 2.39. The Morgan fingerprint density at radius 2 is 1.53 bits per heavy atom. The van der Waals surface area contributed by atoms with E-state index in [-0.39, 0.29) is 24.4 Å². The standard InChI is InChI=1S/C12H24N2O4S/c1-9-8-17-10(2)7-14(9)19(15,16)13-5-11(3)18-12(4)6-13/h9-12H,5-8H2,1-4H3/t9-,10-,11+,12+/m1/s1. The molecule has 112 valence electrons. The molecule has 0 N–H and O–H groups in total. The Kier molecular flexibility index (Phi) is 4.52. The summed E-state index contributed by atoms with van der Waals surface area (Å²) in [5.74, 6) is 0. The van der Waals surface area contributed by atoms with Crippen molar-refractivity contribution in [3.8, 4) is 0 Å². The van der Waals surface area contributed by atoms with Crippen molar-refractivity contribution in [2.75, 3.05) is 26.2 Å². The average molecular weight is 292 g/mol. The lowest BCUT2D eigenvalue weighted by atomic mass is 10.2. The minimum absolute atomic E-state index is 0.0538. The summed E-state index contributed by atoms with van der Waals surface area (Å²) in [7, 11) is -3.43. The molecule has 2 aliphatic heterocycles. The van der Waals surface area contributed by atoms with E-state index in [1.165, 1.54) is 0 Å². The predicted molar refractivity (Wildman–Crippen MR) is 72.1 cm³/mol. The van der Waals surface area contributed by atoms with Crippen LogP contribution < -0.4 is 0 Å². The SMILES string of the molecule is C[C@@H]1CN(S(=O)(=O)N2C[C@H](C)O[C@@H](C)C2)[C@H](C)CO1. The monoisotopic (exact) mass is 292 g/mol. The summed E-state index contributed by atoms with van der Waals surface area (Å²) in [5, 5.41) is 0. The van der Waals surface area contributed by atoms with E-state index >= 15 is 0 Å². The predicted octanol–water partition coefficient (Wildman–Crippen LogP) is 0.450. The molecule has 0 aromatic heterocycles. The lowest BCUT2D eigenvalue weighted by Gasteiger charge is -2.41. The van der Waals surface area contributed by atoms with E-state index in [0.717, 1.165) is 0 Å². The molecule has 0 aromatic rings. The van der Waals surface area contributed by atoms with Gasteiger partial charge in [-0.3, -0.25) is 0 Å². The van der Waals surface area contributed by atoms with Gasteiger partial charge in [0.05, 0.1) is 24.9 Å². The summed E-state index contributed by atoms with van der Waals surface area (Å²) in [5.41, 5.74) is 0. The van der Waals surface area contributed by atoms with Crippen molar-refractivity contribution in [1.82, 2.24) is 8.61 Å². The zero-order valence-electron chi connectivity index (χ0n) is 12.1. The number of rotatable bonds is 2. The third-order valence-corrected chi connectivity index (χ3v) is 5.61. The van der Waals surface area contributed by atoms with Gasteiger partial charge in [0.25, 0.3) is 10.2 Å². The highest BCUT2D eigenvalue weighted by atomic mass is 32.2. The number of ether oxygens (including phenoxy) is 2. The zero-order chi connectivity index (χ0) is 14.2. The van der Waals surface area contributed by atoms with E-state index in [1.54, 1.807) is 8.61 Å². The van der Waals surface area contributed by atoms with Crippen LogP contribution in [-0.4, -0.2) is 67.6 Å². The molecule has 0 aliphatic carbocycles. The normalized spacial score (nSPS) is 39.4. The van der Waals surface area contributed by atoms with Crippen LogP contribution in [0.2, 0.25) is 0 Å². The lowest BCUT2D eigenvalue weighted by Crippen LogP contribution is -2.58. The molecular weight excluding hydrogens is 268 g/mol. The van der Waals surface area contributed by atoms with Crippen molar-refractivity contribution >= 4 is 10.2 Å². The van der Waals surface area contributed by atoms with Crippen molar-refractivity contribution in [3.05, 3.63) is 0 Å². The van der Waals surface area contributed by atoms with Gasteiger partial charge in [0.2, 0.25) is 0 Å². The first-order valence-corrected chi connectivity index (χ1v) is 8.24. The molecule has 19 heavy (non-hydrogen) atoms. The first-order valence-electron chi connectivity index (χ1n) is 6.84. The van der Waals surface area contributed by atoms with Crippen LogP contribution in [0.4, 0.5) is 0 Å². The van der Waals surface area contributed by atoms with Crippen LogP contribution in [0.5, 0.6) is 0 Å². The molecule has 2 rings (SSSR count). The molecule has 0 aromatic carbocycles. The summed E-state index contributed by atoms with van der Waals surface area (Å²) in [6.07, 6.45) is -0.179. The third kappa shape index (κ3) is 3.28. The molecule has 2 aliphatic rings. The van der Waals surface area contributed by atoms with E-state index in [9.17, 15) is 8.42 Å². The van der Waals surface area contributed by atoms with Gasteiger partial charge in [0.1, 0.15) is 0 Å². The second kappa shape index (κ2) is 5.65. The first kappa shape index (κ1) is 15.2. The summed E-state index contributed by atoms with van der Waals surface area (Å²) in [6.45, 7) is 9.32. The topological polar surface area (TPSA) is 59.1 Å². The molecule has 2 saturated heterocycles. The molecule has 0 saturated carbocycles. The van der Waals surface area contributed by atoms with Crippen LogP contribution in [0.3, 0.4) is 0 Å². The van der Waals surface area contributed by atoms with E-state index in [2.05, 4.69) is 0 Å². The largest absolute Gasteiger partial charge is 0.375 e. The third-order valence-electron chi connectivity index (χ3n) is 3.56. The van der Waals surface area contributed by atoms with E-state index in [4.69, 9.17) is 9.47 Å². The second-order valence-electron chi connectivity index (χ2n) is 5.64. The van der Waals surface area contributed by atoms with Crippen LogP contribution in [-0.2, 0) is 19.7 Å². The second-order valence-corrected chi connectivity index (χ2v) is 7.53. The van der Waals surface area contributed by atoms with Crippen LogP contribution >= 0.6 is 0 Å². The van der Waals surface area contributed by atoms with Crippen molar-refractivity contribution in [2.45, 2.75) is 52.0 Å². The molecule has 2 fully saturated rings. The number of nitrogens with zero attached hydrogens (tertiary/aromatic N) is 2. The summed E-state index contributed by atoms with van der Waals surface area (Å²) < 4.78 is 39.7. The van der Waals surface area contributed by atoms with Crippen molar-refractivity contribution in [3.63, 3.8) is 0 Å². The molecule has 0 amide bonds. The van der Waals surface area contributed by atoms with E-state index in [0.29, 0.717) is 26.2 Å². The van der Waals surface area contributed by atoms with Crippen LogP contribution in [0.15, 0.2) is 0 Å². The van der Waals surface area contributed by atoms with Crippen molar-refractivity contribution < 1.29 is 17.9 Å². The quantitative estimate of drug-likeness (QED) is 0.741. The molecule has 6 nitrogen and oxygen atoms in total. The molecule has 0 spiro atoms. The van der Waals surface area contributed by atoms with Gasteiger partial charge in [-0.25, -0.2) is 0 Å². The Morgan fingerprint density at radius 3 is 2.11 bits per heavy atom. The highest BCUT2D eigenvalue weighted by Crippen LogP contribution is 2.22. The molecule has 2 heterocycles. The maximum atomic E-state index is 12.7. The van der Waals surface area contributed by atoms with E-state index in [1.807, 2.05) is 27.7 Å². The lowest BCUT2D eigenvalue weighted by molar-refractivity contribution is -0.0507. The first-order chi connectivity index (χ1) is 8.80. The maximum absolute atomic E-state index is 12.7. The van der Waals surface area contributed by atoms with Crippen LogP contribution in [0.25, 0.3) is 0 Å². The number of hydrogen-bond donors (Lipinski definition) is 0. The molecule has 0 unspecified atom stereocenters. The number of hydrogen-bond acceptors (Lipinski definition) is 4. The average Bonchev–Trinajstić information content (AvgIpc) is 2.31. The molecule has 4 atom stereocenters. The van der Waals surface area contributed by atoms with Gasteiger partial charge in [-0.1, -0.05) is 0 Å². The summed E-state index contributed by atoms with van der Waals surface area (Å²) >= 11 is 0. The van der Waals surface area contributed by atoms with Crippen molar-refractivity contribution in [2.24, 2.45) is 0 Å². The maximum Gasteiger partial charge on any atom is 0.282 e. The van der Waals surface area contributed by atoms with Gasteiger partial charge in [-0.15, -0.1) is 0 Å². The van der Waals surface area contributed by atoms with Gasteiger partial charge >= 0.3 is 0 Å². The Labute approximate surface area is 115 Å². The summed E-state index contributed by atoms with van der Waals surface area (Å²) in [6, 6.07) is -0.116. The minimum atomic E-state index is -3.43. The summed E-state index contributed by atoms with van der Waals surface area (Å²) in [4.78, 5) is 0. The van der Waals surface area contributed by atoms with Gasteiger partial charge in [0, 0.05) is 25.7 Å². The Morgan fingerprint density at radius 1 is 0.947 bits per heavy atom. The zero-order valence-corrected chi connectivity index (χ0v) is 12.9. The fourth-order valence-corrected chi connectivity index (χ4v) is 4.67. The fourth-order valence-electron chi connectivity index (χ4n) is 2.66. The minimum Gasteiger partial charge on any atom is -0.375 e. The smallest absolute Gasteiger partial charge is 0.282 e. The molecular formula is C12H24N2O4S. The fraction of sp³-hybridized carbons (Fsp3) is 1.00. The molecule has 0 radical (unpaired) electrons. The molecule has 7 heteroatoms. The van der Waals surface area contributed by atoms with Gasteiger partial charge in [-0.2, -0.15) is 17.0 Å². The van der Waals surface area contributed by atoms with Crippen molar-refractivity contribution in [1.29, 1.82) is 0 Å². The Bertz CT molecular complexity index is 404. The Balaban J connectivity index is 2.16. The van der Waals surface area contributed by atoms with Crippen LogP contribution in [0.1, 0.15) is 27.7 Å². The van der Waals surface area contributed by atoms with E-state index < -0.39 is 10.2 Å². The number of morpholine rings is 2. The molecule has 0 bridgehead atoms.